The number of allylic oxidation sites excluding steroid dienone is 1. The second-order valence-electron chi connectivity index (χ2n) is 4.42. The molecule has 0 aromatic rings. The molecule has 0 aliphatic rings. The first-order chi connectivity index (χ1) is 12.0. The maximum atomic E-state index is 10.3. The normalized spacial score (nSPS) is 7.35. The summed E-state index contributed by atoms with van der Waals surface area (Å²) >= 11 is 0. The summed E-state index contributed by atoms with van der Waals surface area (Å²) in [5, 5.41) is 15.4. The molecule has 0 aliphatic heterocycles. The number of carboxylic acid groups (broad SMARTS) is 1. The van der Waals surface area contributed by atoms with Crippen molar-refractivity contribution < 1.29 is 29.0 Å². The molecule has 0 saturated carbocycles. The van der Waals surface area contributed by atoms with Crippen LogP contribution in [0.15, 0.2) is 49.6 Å². The molecule has 26 heavy (non-hydrogen) atoms. The molecule has 0 unspecified atom stereocenters. The van der Waals surface area contributed by atoms with E-state index in [1.54, 1.807) is 13.0 Å². The average Bonchev–Trinajstić information content (AvgIpc) is 2.62. The van der Waals surface area contributed by atoms with Crippen molar-refractivity contribution in [3.8, 4) is 6.07 Å². The Kier molecular flexibility index (Phi) is 28.5. The average molecular weight is 367 g/mol. The Balaban J connectivity index is -0.000000129. The molecule has 0 radical (unpaired) electrons. The zero-order valence-electron chi connectivity index (χ0n) is 16.0. The summed E-state index contributed by atoms with van der Waals surface area (Å²) < 4.78 is 8.95. The number of methoxy groups -OCH3 is 1. The van der Waals surface area contributed by atoms with E-state index in [2.05, 4.69) is 35.8 Å². The van der Waals surface area contributed by atoms with Gasteiger partial charge in [-0.15, -0.1) is 0 Å². The van der Waals surface area contributed by atoms with Crippen molar-refractivity contribution in [2.75, 3.05) is 13.7 Å². The van der Waals surface area contributed by atoms with Gasteiger partial charge in [0, 0.05) is 23.3 Å². The van der Waals surface area contributed by atoms with E-state index in [1.165, 1.54) is 26.2 Å². The molecule has 0 spiro atoms. The largest absolute Gasteiger partial charge is 0.478 e. The van der Waals surface area contributed by atoms with Crippen LogP contribution in [0.5, 0.6) is 0 Å². The summed E-state index contributed by atoms with van der Waals surface area (Å²) in [6.07, 6.45) is 4.33. The quantitative estimate of drug-likeness (QED) is 0.330. The lowest BCUT2D eigenvalue weighted by molar-refractivity contribution is -0.138. The highest BCUT2D eigenvalue weighted by Crippen LogP contribution is 1.88. The van der Waals surface area contributed by atoms with Crippen molar-refractivity contribution in [1.82, 2.24) is 0 Å². The number of carbonyl (C=O) groups is 3. The van der Waals surface area contributed by atoms with E-state index in [0.29, 0.717) is 12.2 Å². The highest BCUT2D eigenvalue weighted by atomic mass is 16.5. The van der Waals surface area contributed by atoms with Gasteiger partial charge in [-0.2, -0.15) is 5.26 Å². The SMILES string of the molecule is C=C(C)C(=O)O.C=C(C)C(=O)OC.C=CC#N.C=CC(=O)OCCCC. The molecule has 0 saturated heterocycles. The van der Waals surface area contributed by atoms with Crippen molar-refractivity contribution in [2.45, 2.75) is 33.6 Å². The van der Waals surface area contributed by atoms with Gasteiger partial charge in [-0.1, -0.05) is 39.7 Å². The number of esters is 2. The van der Waals surface area contributed by atoms with Crippen LogP contribution in [0, 0.1) is 11.3 Å². The monoisotopic (exact) mass is 367 g/mol. The lowest BCUT2D eigenvalue weighted by atomic mass is 10.4. The summed E-state index contributed by atoms with van der Waals surface area (Å²) in [5.74, 6) is -1.61. The molecule has 0 rings (SSSR count). The van der Waals surface area contributed by atoms with E-state index in [1.807, 2.05) is 6.92 Å². The molecule has 0 bridgehead atoms. The van der Waals surface area contributed by atoms with Crippen LogP contribution in [0.25, 0.3) is 0 Å². The van der Waals surface area contributed by atoms with Gasteiger partial charge < -0.3 is 14.6 Å². The lowest BCUT2D eigenvalue weighted by Gasteiger charge is -1.97. The molecular formula is C19H29NO6. The Morgan fingerprint density at radius 3 is 1.73 bits per heavy atom. The number of ether oxygens (including phenoxy) is 2. The van der Waals surface area contributed by atoms with E-state index >= 15 is 0 Å². The highest BCUT2D eigenvalue weighted by molar-refractivity contribution is 5.86. The van der Waals surface area contributed by atoms with Gasteiger partial charge in [-0.05, 0) is 20.3 Å². The molecule has 0 aromatic heterocycles. The van der Waals surface area contributed by atoms with Crippen LogP contribution >= 0.6 is 0 Å². The smallest absolute Gasteiger partial charge is 0.332 e. The zero-order valence-corrected chi connectivity index (χ0v) is 16.0. The molecule has 0 aliphatic carbocycles. The van der Waals surface area contributed by atoms with Crippen LogP contribution in [0.3, 0.4) is 0 Å². The summed E-state index contributed by atoms with van der Waals surface area (Å²) in [4.78, 5) is 30.1. The van der Waals surface area contributed by atoms with E-state index in [-0.39, 0.29) is 17.5 Å². The molecule has 1 N–H and O–H groups in total. The van der Waals surface area contributed by atoms with E-state index in [0.717, 1.165) is 12.8 Å². The Morgan fingerprint density at radius 1 is 1.15 bits per heavy atom. The first-order valence-corrected chi connectivity index (χ1v) is 7.47. The number of aliphatic carboxylic acids is 1. The number of rotatable bonds is 6. The standard InChI is InChI=1S/C7H12O2.C5H8O2.C4H6O2.C3H3N/c1-3-5-6-9-7(8)4-2;1-4(2)5(6)7-3;1-3(2)4(5)6;1-2-3-4/h4H,2-3,5-6H2,1H3;1H2,2-3H3;1H2,2H3,(H,5,6);2H,1H2. The Morgan fingerprint density at radius 2 is 1.58 bits per heavy atom. The van der Waals surface area contributed by atoms with E-state index in [4.69, 9.17) is 10.4 Å². The van der Waals surface area contributed by atoms with Crippen molar-refractivity contribution in [2.24, 2.45) is 0 Å². The second-order valence-corrected chi connectivity index (χ2v) is 4.42. The Bertz CT molecular complexity index is 503. The number of carboxylic acids is 1. The maximum absolute atomic E-state index is 10.3. The number of nitriles is 1. The molecule has 0 amide bonds. The number of hydrogen-bond acceptors (Lipinski definition) is 6. The third-order valence-electron chi connectivity index (χ3n) is 1.90. The third kappa shape index (κ3) is 37.3. The zero-order chi connectivity index (χ0) is 21.5. The highest BCUT2D eigenvalue weighted by Gasteiger charge is 1.95. The molecule has 0 fully saturated rings. The van der Waals surface area contributed by atoms with Gasteiger partial charge in [0.1, 0.15) is 0 Å². The topological polar surface area (TPSA) is 114 Å². The minimum absolute atomic E-state index is 0.176. The number of hydrogen-bond donors (Lipinski definition) is 1. The lowest BCUT2D eigenvalue weighted by Crippen LogP contribution is -2.00. The third-order valence-corrected chi connectivity index (χ3v) is 1.90. The van der Waals surface area contributed by atoms with Gasteiger partial charge in [-0.25, -0.2) is 14.4 Å². The summed E-state index contributed by atoms with van der Waals surface area (Å²) in [6.45, 7) is 18.5. The van der Waals surface area contributed by atoms with Gasteiger partial charge in [0.25, 0.3) is 0 Å². The van der Waals surface area contributed by atoms with Crippen molar-refractivity contribution in [1.29, 1.82) is 5.26 Å². The Labute approximate surface area is 155 Å². The minimum Gasteiger partial charge on any atom is -0.478 e. The van der Waals surface area contributed by atoms with Gasteiger partial charge in [0.2, 0.25) is 0 Å². The molecule has 146 valence electrons. The molecule has 7 nitrogen and oxygen atoms in total. The summed E-state index contributed by atoms with van der Waals surface area (Å²) in [5.41, 5.74) is 0.609. The van der Waals surface area contributed by atoms with Crippen LogP contribution < -0.4 is 0 Å². The van der Waals surface area contributed by atoms with Crippen molar-refractivity contribution in [3.05, 3.63) is 49.6 Å². The first-order valence-electron chi connectivity index (χ1n) is 7.47. The second kappa shape index (κ2) is 24.1. The van der Waals surface area contributed by atoms with Gasteiger partial charge >= 0.3 is 17.9 Å². The van der Waals surface area contributed by atoms with Gasteiger partial charge in [-0.3, -0.25) is 0 Å². The molecule has 0 heterocycles. The fourth-order valence-corrected chi connectivity index (χ4v) is 0.550. The van der Waals surface area contributed by atoms with E-state index in [9.17, 15) is 14.4 Å². The van der Waals surface area contributed by atoms with Crippen LogP contribution in [-0.2, 0) is 23.9 Å². The summed E-state index contributed by atoms with van der Waals surface area (Å²) in [6, 6.07) is 1.69. The fourth-order valence-electron chi connectivity index (χ4n) is 0.550. The molecule has 0 atom stereocenters. The van der Waals surface area contributed by atoms with Crippen molar-refractivity contribution >= 4 is 17.9 Å². The fraction of sp³-hybridized carbons (Fsp3) is 0.368. The maximum Gasteiger partial charge on any atom is 0.332 e. The minimum atomic E-state index is -0.935. The number of unbranched alkanes of at least 4 members (excludes halogenated alkanes) is 1. The predicted molar refractivity (Wildman–Crippen MR) is 101 cm³/mol. The number of nitrogens with zero attached hydrogens (tertiary/aromatic N) is 1. The predicted octanol–water partition coefficient (Wildman–Crippen LogP) is 3.59. The van der Waals surface area contributed by atoms with Gasteiger partial charge in [0.15, 0.2) is 0 Å². The van der Waals surface area contributed by atoms with Crippen molar-refractivity contribution in [3.63, 3.8) is 0 Å². The van der Waals surface area contributed by atoms with Gasteiger partial charge in [0.05, 0.1) is 19.8 Å². The van der Waals surface area contributed by atoms with Crippen LogP contribution in [-0.4, -0.2) is 36.7 Å². The summed E-state index contributed by atoms with van der Waals surface area (Å²) in [7, 11) is 1.33. The molecule has 0 aromatic carbocycles. The Hall–Kier alpha value is -3.14. The number of carbonyl (C=O) groups excluding carboxylic acids is 2. The molecular weight excluding hydrogens is 338 g/mol. The first kappa shape index (κ1) is 30.7. The van der Waals surface area contributed by atoms with Crippen LogP contribution in [0.4, 0.5) is 0 Å². The van der Waals surface area contributed by atoms with Crippen LogP contribution in [0.1, 0.15) is 33.6 Å². The molecule has 7 heteroatoms. The van der Waals surface area contributed by atoms with E-state index < -0.39 is 5.97 Å². The van der Waals surface area contributed by atoms with Crippen LogP contribution in [0.2, 0.25) is 0 Å².